The summed E-state index contributed by atoms with van der Waals surface area (Å²) >= 11 is 5.90. The van der Waals surface area contributed by atoms with Gasteiger partial charge in [-0.15, -0.1) is 0 Å². The lowest BCUT2D eigenvalue weighted by Crippen LogP contribution is -2.16. The number of hydrogen-bond donors (Lipinski definition) is 1. The maximum Gasteiger partial charge on any atom is 0.433 e. The van der Waals surface area contributed by atoms with E-state index in [1.54, 1.807) is 41.2 Å². The first-order valence-corrected chi connectivity index (χ1v) is 12.2. The second-order valence-corrected chi connectivity index (χ2v) is 9.26. The number of hydrogen-bond acceptors (Lipinski definition) is 4. The zero-order valence-corrected chi connectivity index (χ0v) is 20.8. The lowest BCUT2D eigenvalue weighted by molar-refractivity contribution is -0.142. The lowest BCUT2D eigenvalue weighted by atomic mass is 10.0. The van der Waals surface area contributed by atoms with E-state index in [9.17, 15) is 18.0 Å². The number of carbonyl (C=O) groups is 1. The van der Waals surface area contributed by atoms with Crippen LogP contribution in [0.5, 0.6) is 0 Å². The van der Waals surface area contributed by atoms with Gasteiger partial charge in [-0.3, -0.25) is 9.48 Å². The van der Waals surface area contributed by atoms with Crippen molar-refractivity contribution < 1.29 is 18.0 Å². The minimum absolute atomic E-state index is 0.0746. The summed E-state index contributed by atoms with van der Waals surface area (Å²) in [6.45, 7) is 0.470. The molecule has 6 rings (SSSR count). The van der Waals surface area contributed by atoms with Crippen LogP contribution in [0.1, 0.15) is 21.7 Å². The van der Waals surface area contributed by atoms with E-state index in [4.69, 9.17) is 11.6 Å². The van der Waals surface area contributed by atoms with Gasteiger partial charge in [0.2, 0.25) is 0 Å². The highest BCUT2D eigenvalue weighted by Crippen LogP contribution is 2.32. The first kappa shape index (κ1) is 24.6. The van der Waals surface area contributed by atoms with Crippen molar-refractivity contribution in [2.24, 2.45) is 0 Å². The topological polar surface area (TPSA) is 77.1 Å². The number of fused-ring (bicyclic) bond motifs is 2. The average Bonchev–Trinajstić information content (AvgIpc) is 3.55. The largest absolute Gasteiger partial charge is 0.433 e. The highest BCUT2D eigenvalue weighted by molar-refractivity contribution is 6.30. The van der Waals surface area contributed by atoms with Crippen LogP contribution >= 0.6 is 11.6 Å². The van der Waals surface area contributed by atoms with E-state index in [2.05, 4.69) is 20.5 Å². The number of anilines is 1. The van der Waals surface area contributed by atoms with Crippen LogP contribution < -0.4 is 5.32 Å². The summed E-state index contributed by atoms with van der Waals surface area (Å²) in [6.07, 6.45) is -3.02. The molecule has 3 aromatic heterocycles. The van der Waals surface area contributed by atoms with Crippen molar-refractivity contribution in [1.82, 2.24) is 24.4 Å². The van der Waals surface area contributed by atoms with Gasteiger partial charge in [0.25, 0.3) is 5.91 Å². The number of carbonyl (C=O) groups excluding carboxylic acids is 1. The van der Waals surface area contributed by atoms with E-state index in [1.807, 2.05) is 42.5 Å². The molecule has 39 heavy (non-hydrogen) atoms. The Morgan fingerprint density at radius 3 is 2.49 bits per heavy atom. The van der Waals surface area contributed by atoms with Crippen LogP contribution in [0.4, 0.5) is 19.0 Å². The van der Waals surface area contributed by atoms with Crippen molar-refractivity contribution >= 4 is 39.7 Å². The Balaban J connectivity index is 1.27. The standard InChI is InChI=1S/C28H18ClF3N6O/c29-20-10-8-18(9-11-20)22-14-24(28(30,31)32)38-26(33-22)15-23(35-38)27(39)34-25-12-13-37(36-25)16-19-6-3-5-17-4-1-2-7-21(17)19/h1-15H,16H2,(H,34,36,39). The number of benzene rings is 3. The van der Waals surface area contributed by atoms with Crippen molar-refractivity contribution in [1.29, 1.82) is 0 Å². The maximum atomic E-state index is 13.9. The molecule has 0 atom stereocenters. The number of rotatable bonds is 5. The minimum Gasteiger partial charge on any atom is -0.304 e. The van der Waals surface area contributed by atoms with Crippen molar-refractivity contribution in [3.05, 3.63) is 113 Å². The summed E-state index contributed by atoms with van der Waals surface area (Å²) in [4.78, 5) is 17.2. The molecule has 0 aliphatic heterocycles. The van der Waals surface area contributed by atoms with E-state index in [0.29, 0.717) is 21.6 Å². The molecule has 0 spiro atoms. The highest BCUT2D eigenvalue weighted by Gasteiger charge is 2.35. The molecule has 6 aromatic rings. The summed E-state index contributed by atoms with van der Waals surface area (Å²) in [5.41, 5.74) is 0.153. The monoisotopic (exact) mass is 546 g/mol. The number of aromatic nitrogens is 5. The van der Waals surface area contributed by atoms with Crippen LogP contribution in [0.3, 0.4) is 0 Å². The molecule has 194 valence electrons. The smallest absolute Gasteiger partial charge is 0.304 e. The number of halogens is 4. The van der Waals surface area contributed by atoms with Gasteiger partial charge in [-0.1, -0.05) is 66.2 Å². The molecule has 0 saturated carbocycles. The summed E-state index contributed by atoms with van der Waals surface area (Å²) < 4.78 is 44.0. The lowest BCUT2D eigenvalue weighted by Gasteiger charge is -2.11. The third-order valence-corrected chi connectivity index (χ3v) is 6.44. The van der Waals surface area contributed by atoms with Gasteiger partial charge in [0.05, 0.1) is 12.2 Å². The number of nitrogens with one attached hydrogen (secondary N) is 1. The molecular formula is C28H18ClF3N6O. The molecule has 1 amide bonds. The SMILES string of the molecule is O=C(Nc1ccn(Cc2cccc3ccccc23)n1)c1cc2nc(-c3ccc(Cl)cc3)cc(C(F)(F)F)n2n1. The molecule has 0 aliphatic carbocycles. The fourth-order valence-electron chi connectivity index (χ4n) is 4.36. The molecular weight excluding hydrogens is 529 g/mol. The molecule has 3 aromatic carbocycles. The third-order valence-electron chi connectivity index (χ3n) is 6.18. The summed E-state index contributed by atoms with van der Waals surface area (Å²) in [5.74, 6) is -0.472. The molecule has 7 nitrogen and oxygen atoms in total. The van der Waals surface area contributed by atoms with Gasteiger partial charge < -0.3 is 5.32 Å². The highest BCUT2D eigenvalue weighted by atomic mass is 35.5. The van der Waals surface area contributed by atoms with E-state index in [-0.39, 0.29) is 22.9 Å². The van der Waals surface area contributed by atoms with Crippen molar-refractivity contribution in [2.75, 3.05) is 5.32 Å². The minimum atomic E-state index is -4.73. The Morgan fingerprint density at radius 1 is 0.923 bits per heavy atom. The molecule has 1 N–H and O–H groups in total. The van der Waals surface area contributed by atoms with E-state index < -0.39 is 17.8 Å². The summed E-state index contributed by atoms with van der Waals surface area (Å²) in [6, 6.07) is 24.0. The molecule has 0 aliphatic rings. The average molecular weight is 547 g/mol. The quantitative estimate of drug-likeness (QED) is 0.260. The molecule has 3 heterocycles. The molecule has 0 saturated heterocycles. The second kappa shape index (κ2) is 9.55. The van der Waals surface area contributed by atoms with Crippen molar-refractivity contribution in [3.8, 4) is 11.3 Å². The van der Waals surface area contributed by atoms with Crippen LogP contribution in [0.2, 0.25) is 5.02 Å². The van der Waals surface area contributed by atoms with Crippen LogP contribution in [0.25, 0.3) is 27.7 Å². The molecule has 0 radical (unpaired) electrons. The number of alkyl halides is 3. The molecule has 11 heteroatoms. The van der Waals surface area contributed by atoms with Crippen molar-refractivity contribution in [2.45, 2.75) is 12.7 Å². The first-order chi connectivity index (χ1) is 18.7. The van der Waals surface area contributed by atoms with E-state index >= 15 is 0 Å². The summed E-state index contributed by atoms with van der Waals surface area (Å²) in [5, 5.41) is 13.5. The Hall–Kier alpha value is -4.70. The van der Waals surface area contributed by atoms with Gasteiger partial charge in [-0.05, 0) is 34.5 Å². The van der Waals surface area contributed by atoms with E-state index in [0.717, 1.165) is 22.4 Å². The zero-order valence-electron chi connectivity index (χ0n) is 20.0. The number of amides is 1. The van der Waals surface area contributed by atoms with Crippen LogP contribution in [0.15, 0.2) is 91.1 Å². The molecule has 0 bridgehead atoms. The van der Waals surface area contributed by atoms with Gasteiger partial charge in [-0.2, -0.15) is 23.4 Å². The first-order valence-electron chi connectivity index (χ1n) is 11.8. The zero-order chi connectivity index (χ0) is 27.1. The predicted molar refractivity (Wildman–Crippen MR) is 142 cm³/mol. The van der Waals surface area contributed by atoms with Crippen LogP contribution in [-0.2, 0) is 12.7 Å². The van der Waals surface area contributed by atoms with Crippen LogP contribution in [-0.4, -0.2) is 30.3 Å². The Labute approximate surface area is 224 Å². The molecule has 0 fully saturated rings. The van der Waals surface area contributed by atoms with Gasteiger partial charge in [0.15, 0.2) is 22.9 Å². The Kier molecular flexibility index (Phi) is 6.03. The van der Waals surface area contributed by atoms with E-state index in [1.165, 1.54) is 6.07 Å². The van der Waals surface area contributed by atoms with Crippen LogP contribution in [0, 0.1) is 0 Å². The molecule has 0 unspecified atom stereocenters. The Bertz CT molecular complexity index is 1840. The second-order valence-electron chi connectivity index (χ2n) is 8.82. The van der Waals surface area contributed by atoms with Gasteiger partial charge >= 0.3 is 6.18 Å². The maximum absolute atomic E-state index is 13.9. The fraction of sp³-hybridized carbons (Fsp3) is 0.0714. The van der Waals surface area contributed by atoms with Gasteiger partial charge in [-0.25, -0.2) is 9.50 Å². The summed E-state index contributed by atoms with van der Waals surface area (Å²) in [7, 11) is 0. The fourth-order valence-corrected chi connectivity index (χ4v) is 4.48. The van der Waals surface area contributed by atoms with Gasteiger partial charge in [0, 0.05) is 28.9 Å². The normalized spacial score (nSPS) is 11.8. The van der Waals surface area contributed by atoms with Crippen molar-refractivity contribution in [3.63, 3.8) is 0 Å². The van der Waals surface area contributed by atoms with Gasteiger partial charge in [0.1, 0.15) is 0 Å². The predicted octanol–water partition coefficient (Wildman–Crippen LogP) is 6.72. The third kappa shape index (κ3) is 4.94. The Morgan fingerprint density at radius 2 is 1.69 bits per heavy atom. The number of nitrogens with zero attached hydrogens (tertiary/aromatic N) is 5.